The van der Waals surface area contributed by atoms with Gasteiger partial charge in [-0.05, 0) is 32.0 Å². The summed E-state index contributed by atoms with van der Waals surface area (Å²) in [6.45, 7) is 7.00. The van der Waals surface area contributed by atoms with Gasteiger partial charge in [-0.1, -0.05) is 17.7 Å². The summed E-state index contributed by atoms with van der Waals surface area (Å²) in [5, 5.41) is 14.0. The van der Waals surface area contributed by atoms with Crippen LogP contribution in [-0.4, -0.2) is 81.2 Å². The Bertz CT molecular complexity index is 1210. The van der Waals surface area contributed by atoms with Crippen LogP contribution in [0.4, 0.5) is 5.95 Å². The van der Waals surface area contributed by atoms with E-state index in [-0.39, 0.29) is 24.3 Å². The van der Waals surface area contributed by atoms with Gasteiger partial charge >= 0.3 is 5.69 Å². The van der Waals surface area contributed by atoms with E-state index in [0.29, 0.717) is 18.2 Å². The summed E-state index contributed by atoms with van der Waals surface area (Å²) >= 11 is 0. The standard InChI is InChI=1S/C23H32N6O5/c1-16-4-6-18(7-5-16)34-15-17(30)14-29-19-20(27(2)23(32)26-21(19)31)25-22(29)24-8-3-9-28-10-12-33-13-11-28/h4-7,17,30H,3,8-15H2,1-2H3,(H,24,25)(H,26,31,32). The largest absolute Gasteiger partial charge is 0.491 e. The first-order chi connectivity index (χ1) is 16.4. The fourth-order valence-corrected chi connectivity index (χ4v) is 3.97. The number of ether oxygens (including phenoxy) is 2. The van der Waals surface area contributed by atoms with Crippen molar-refractivity contribution in [2.45, 2.75) is 26.0 Å². The first kappa shape index (κ1) is 24.0. The Balaban J connectivity index is 1.48. The molecule has 1 aliphatic rings. The van der Waals surface area contributed by atoms with Gasteiger partial charge in [-0.25, -0.2) is 4.79 Å². The minimum Gasteiger partial charge on any atom is -0.491 e. The van der Waals surface area contributed by atoms with Gasteiger partial charge in [-0.15, -0.1) is 0 Å². The van der Waals surface area contributed by atoms with Gasteiger partial charge in [0.1, 0.15) is 18.5 Å². The van der Waals surface area contributed by atoms with E-state index in [1.54, 1.807) is 11.6 Å². The number of fused-ring (bicyclic) bond motifs is 1. The summed E-state index contributed by atoms with van der Waals surface area (Å²) in [5.41, 5.74) is 0.526. The Labute approximate surface area is 196 Å². The maximum absolute atomic E-state index is 12.6. The molecule has 0 saturated carbocycles. The maximum Gasteiger partial charge on any atom is 0.329 e. The zero-order chi connectivity index (χ0) is 24.1. The second kappa shape index (κ2) is 10.9. The number of H-pyrrole nitrogens is 1. The Kier molecular flexibility index (Phi) is 7.66. The number of rotatable bonds is 10. The Morgan fingerprint density at radius 3 is 2.71 bits per heavy atom. The molecule has 3 N–H and O–H groups in total. The molecule has 11 heteroatoms. The van der Waals surface area contributed by atoms with Crippen LogP contribution in [0.15, 0.2) is 33.9 Å². The lowest BCUT2D eigenvalue weighted by Gasteiger charge is -2.26. The third-order valence-electron chi connectivity index (χ3n) is 5.90. The van der Waals surface area contributed by atoms with E-state index in [1.165, 1.54) is 4.57 Å². The second-order valence-corrected chi connectivity index (χ2v) is 8.55. The summed E-state index contributed by atoms with van der Waals surface area (Å²) in [6, 6.07) is 7.56. The molecule has 34 heavy (non-hydrogen) atoms. The van der Waals surface area contributed by atoms with Crippen LogP contribution < -0.4 is 21.3 Å². The molecule has 4 rings (SSSR count). The maximum atomic E-state index is 12.6. The van der Waals surface area contributed by atoms with E-state index < -0.39 is 17.4 Å². The minimum atomic E-state index is -0.899. The second-order valence-electron chi connectivity index (χ2n) is 8.55. The number of aromatic amines is 1. The average Bonchev–Trinajstić information content (AvgIpc) is 3.19. The zero-order valence-electron chi connectivity index (χ0n) is 19.6. The quantitative estimate of drug-likeness (QED) is 0.360. The Morgan fingerprint density at radius 2 is 1.97 bits per heavy atom. The van der Waals surface area contributed by atoms with Crippen molar-refractivity contribution < 1.29 is 14.6 Å². The van der Waals surface area contributed by atoms with Crippen LogP contribution in [-0.2, 0) is 18.3 Å². The number of hydrogen-bond donors (Lipinski definition) is 3. The lowest BCUT2D eigenvalue weighted by Crippen LogP contribution is -2.37. The molecule has 0 amide bonds. The van der Waals surface area contributed by atoms with Gasteiger partial charge in [-0.3, -0.25) is 19.2 Å². The Hall–Kier alpha value is -3.15. The first-order valence-corrected chi connectivity index (χ1v) is 11.5. The SMILES string of the molecule is Cc1ccc(OCC(O)Cn2c(NCCCN3CCOCC3)nc3c2c(=O)[nH]c(=O)n3C)cc1. The van der Waals surface area contributed by atoms with Crippen molar-refractivity contribution in [1.82, 2.24) is 24.0 Å². The molecule has 1 aliphatic heterocycles. The smallest absolute Gasteiger partial charge is 0.329 e. The number of imidazole rings is 1. The minimum absolute atomic E-state index is 0.0445. The molecule has 1 saturated heterocycles. The highest BCUT2D eigenvalue weighted by molar-refractivity contribution is 5.74. The summed E-state index contributed by atoms with van der Waals surface area (Å²) in [7, 11) is 1.55. The van der Waals surface area contributed by atoms with E-state index in [2.05, 4.69) is 20.2 Å². The molecule has 2 aromatic heterocycles. The molecular formula is C23H32N6O5. The van der Waals surface area contributed by atoms with Crippen LogP contribution in [0.5, 0.6) is 5.75 Å². The highest BCUT2D eigenvalue weighted by Crippen LogP contribution is 2.17. The summed E-state index contributed by atoms with van der Waals surface area (Å²) in [6.07, 6.45) is -0.0263. The number of aliphatic hydroxyl groups excluding tert-OH is 1. The van der Waals surface area contributed by atoms with Gasteiger partial charge in [0.15, 0.2) is 11.2 Å². The number of aryl methyl sites for hydroxylation is 2. The van der Waals surface area contributed by atoms with E-state index in [0.717, 1.165) is 44.8 Å². The van der Waals surface area contributed by atoms with Gasteiger partial charge < -0.3 is 24.5 Å². The number of aromatic nitrogens is 4. The third kappa shape index (κ3) is 5.66. The van der Waals surface area contributed by atoms with Crippen molar-refractivity contribution in [3.8, 4) is 5.75 Å². The normalized spacial score (nSPS) is 15.5. The molecule has 1 atom stereocenters. The number of nitrogens with zero attached hydrogens (tertiary/aromatic N) is 4. The Morgan fingerprint density at radius 1 is 1.24 bits per heavy atom. The van der Waals surface area contributed by atoms with E-state index in [1.807, 2.05) is 31.2 Å². The van der Waals surface area contributed by atoms with Crippen molar-refractivity contribution in [2.75, 3.05) is 51.3 Å². The molecule has 0 bridgehead atoms. The predicted molar refractivity (Wildman–Crippen MR) is 129 cm³/mol. The van der Waals surface area contributed by atoms with E-state index in [4.69, 9.17) is 9.47 Å². The van der Waals surface area contributed by atoms with Crippen molar-refractivity contribution in [1.29, 1.82) is 0 Å². The number of anilines is 1. The van der Waals surface area contributed by atoms with E-state index in [9.17, 15) is 14.7 Å². The number of benzene rings is 1. The summed E-state index contributed by atoms with van der Waals surface area (Å²) < 4.78 is 14.0. The van der Waals surface area contributed by atoms with Gasteiger partial charge in [0.25, 0.3) is 5.56 Å². The number of aliphatic hydroxyl groups is 1. The molecule has 11 nitrogen and oxygen atoms in total. The van der Waals surface area contributed by atoms with Crippen molar-refractivity contribution in [3.05, 3.63) is 50.7 Å². The third-order valence-corrected chi connectivity index (χ3v) is 5.90. The molecule has 184 valence electrons. The van der Waals surface area contributed by atoms with E-state index >= 15 is 0 Å². The molecule has 0 aliphatic carbocycles. The fourth-order valence-electron chi connectivity index (χ4n) is 3.97. The van der Waals surface area contributed by atoms with Gasteiger partial charge in [0, 0.05) is 26.7 Å². The van der Waals surface area contributed by atoms with Crippen LogP contribution in [0.1, 0.15) is 12.0 Å². The lowest BCUT2D eigenvalue weighted by atomic mass is 10.2. The summed E-state index contributed by atoms with van der Waals surface area (Å²) in [4.78, 5) is 33.9. The monoisotopic (exact) mass is 472 g/mol. The zero-order valence-corrected chi connectivity index (χ0v) is 19.6. The number of morpholine rings is 1. The average molecular weight is 473 g/mol. The van der Waals surface area contributed by atoms with Crippen LogP contribution in [0.2, 0.25) is 0 Å². The molecule has 1 fully saturated rings. The predicted octanol–water partition coefficient (Wildman–Crippen LogP) is 0.306. The number of nitrogens with one attached hydrogen (secondary N) is 2. The van der Waals surface area contributed by atoms with Crippen molar-refractivity contribution >= 4 is 17.1 Å². The molecule has 0 radical (unpaired) electrons. The van der Waals surface area contributed by atoms with Gasteiger partial charge in [0.05, 0.1) is 19.8 Å². The first-order valence-electron chi connectivity index (χ1n) is 11.5. The van der Waals surface area contributed by atoms with Crippen molar-refractivity contribution in [2.24, 2.45) is 7.05 Å². The summed E-state index contributed by atoms with van der Waals surface area (Å²) in [5.74, 6) is 1.08. The highest BCUT2D eigenvalue weighted by Gasteiger charge is 2.20. The van der Waals surface area contributed by atoms with Crippen LogP contribution >= 0.6 is 0 Å². The molecular weight excluding hydrogens is 440 g/mol. The van der Waals surface area contributed by atoms with Crippen LogP contribution in [0, 0.1) is 6.92 Å². The number of hydrogen-bond acceptors (Lipinski definition) is 8. The van der Waals surface area contributed by atoms with Gasteiger partial charge in [-0.2, -0.15) is 4.98 Å². The molecule has 0 spiro atoms. The molecule has 1 unspecified atom stereocenters. The highest BCUT2D eigenvalue weighted by atomic mass is 16.5. The fraction of sp³-hybridized carbons (Fsp3) is 0.522. The lowest BCUT2D eigenvalue weighted by molar-refractivity contribution is 0.0378. The molecule has 3 aromatic rings. The topological polar surface area (TPSA) is 127 Å². The van der Waals surface area contributed by atoms with Crippen molar-refractivity contribution in [3.63, 3.8) is 0 Å². The van der Waals surface area contributed by atoms with Crippen LogP contribution in [0.3, 0.4) is 0 Å². The van der Waals surface area contributed by atoms with Crippen LogP contribution in [0.25, 0.3) is 11.2 Å². The van der Waals surface area contributed by atoms with Gasteiger partial charge in [0.2, 0.25) is 5.95 Å². The molecule has 3 heterocycles. The molecule has 1 aromatic carbocycles.